The van der Waals surface area contributed by atoms with Crippen molar-refractivity contribution in [1.82, 2.24) is 9.97 Å². The highest BCUT2D eigenvalue weighted by Gasteiger charge is 2.43. The molecule has 8 rings (SSSR count). The summed E-state index contributed by atoms with van der Waals surface area (Å²) in [5.74, 6) is -2.05. The summed E-state index contributed by atoms with van der Waals surface area (Å²) in [6.07, 6.45) is 3.67. The molecule has 0 fully saturated rings. The summed E-state index contributed by atoms with van der Waals surface area (Å²) < 4.78 is 11.7. The minimum Gasteiger partial charge on any atom is -0.457 e. The lowest BCUT2D eigenvalue weighted by atomic mass is 9.76. The van der Waals surface area contributed by atoms with Gasteiger partial charge in [-0.3, -0.25) is 0 Å². The van der Waals surface area contributed by atoms with E-state index in [4.69, 9.17) is 19.4 Å². The predicted molar refractivity (Wildman–Crippen MR) is 221 cm³/mol. The molecule has 16 heteroatoms. The SMILES string of the molecule is N#CC(C#N)=Nc1ccc(-c2nc3c(s2)C2C=C(C(=O)OCc4ccccc4)c4nc(-c5ccc(N=C(C#N)C#N)s5)sc4C2C=C3C(=O)OCc2ccccc2)s1. The van der Waals surface area contributed by atoms with Crippen molar-refractivity contribution in [2.45, 2.75) is 25.0 Å². The number of aliphatic imine (C=N–C) groups is 2. The zero-order valence-corrected chi connectivity index (χ0v) is 32.9. The second-order valence-corrected chi connectivity index (χ2v) is 16.6. The van der Waals surface area contributed by atoms with E-state index in [1.54, 1.807) is 48.5 Å². The summed E-state index contributed by atoms with van der Waals surface area (Å²) in [7, 11) is 0. The first-order valence-electron chi connectivity index (χ1n) is 17.2. The van der Waals surface area contributed by atoms with E-state index >= 15 is 0 Å². The van der Waals surface area contributed by atoms with Gasteiger partial charge in [-0.05, 0) is 35.4 Å². The van der Waals surface area contributed by atoms with Crippen molar-refractivity contribution in [2.75, 3.05) is 0 Å². The lowest BCUT2D eigenvalue weighted by Crippen LogP contribution is -2.23. The largest absolute Gasteiger partial charge is 0.457 e. The highest BCUT2D eigenvalue weighted by Crippen LogP contribution is 2.55. The van der Waals surface area contributed by atoms with Gasteiger partial charge in [-0.25, -0.2) is 29.5 Å². The van der Waals surface area contributed by atoms with Gasteiger partial charge >= 0.3 is 11.9 Å². The summed E-state index contributed by atoms with van der Waals surface area (Å²) in [4.78, 5) is 49.2. The minimum atomic E-state index is -0.570. The van der Waals surface area contributed by atoms with E-state index < -0.39 is 23.8 Å². The summed E-state index contributed by atoms with van der Waals surface area (Å²) in [6, 6.07) is 32.7. The van der Waals surface area contributed by atoms with E-state index in [2.05, 4.69) is 9.98 Å². The molecule has 2 aliphatic carbocycles. The average Bonchev–Trinajstić information content (AvgIpc) is 4.10. The Hall–Kier alpha value is -7.18. The Labute approximate surface area is 346 Å². The fourth-order valence-electron chi connectivity index (χ4n) is 6.22. The van der Waals surface area contributed by atoms with Gasteiger partial charge in [-0.15, -0.1) is 45.3 Å². The third-order valence-corrected chi connectivity index (χ3v) is 13.5. The number of nitrogens with zero attached hydrogens (tertiary/aromatic N) is 8. The van der Waals surface area contributed by atoms with Gasteiger partial charge < -0.3 is 9.47 Å². The van der Waals surface area contributed by atoms with Crippen LogP contribution in [-0.2, 0) is 32.3 Å². The van der Waals surface area contributed by atoms with Crippen molar-refractivity contribution >= 4 is 89.9 Å². The number of thiazole rings is 2. The van der Waals surface area contributed by atoms with Crippen molar-refractivity contribution in [3.05, 3.63) is 129 Å². The number of aromatic nitrogens is 2. The highest BCUT2D eigenvalue weighted by atomic mass is 32.1. The number of hydrogen-bond donors (Lipinski definition) is 0. The van der Waals surface area contributed by atoms with Crippen LogP contribution >= 0.6 is 45.3 Å². The second kappa shape index (κ2) is 16.5. The molecule has 12 nitrogen and oxygen atoms in total. The topological polar surface area (TPSA) is 198 Å². The number of rotatable bonds is 10. The second-order valence-electron chi connectivity index (χ2n) is 12.4. The molecule has 0 bridgehead atoms. The van der Waals surface area contributed by atoms with Gasteiger partial charge in [0.25, 0.3) is 0 Å². The number of esters is 2. The van der Waals surface area contributed by atoms with Crippen molar-refractivity contribution in [1.29, 1.82) is 21.0 Å². The summed E-state index contributed by atoms with van der Waals surface area (Å²) in [6.45, 7) is 0.0826. The molecule has 2 unspecified atom stereocenters. The van der Waals surface area contributed by atoms with E-state index in [-0.39, 0.29) is 35.8 Å². The maximum Gasteiger partial charge on any atom is 0.340 e. The molecule has 6 aromatic rings. The molecule has 4 heterocycles. The Morgan fingerprint density at radius 2 is 0.966 bits per heavy atom. The Balaban J connectivity index is 1.24. The van der Waals surface area contributed by atoms with E-state index in [0.717, 1.165) is 20.9 Å². The summed E-state index contributed by atoms with van der Waals surface area (Å²) in [5.41, 5.74) is 2.43. The quantitative estimate of drug-likeness (QED) is 0.0946. The van der Waals surface area contributed by atoms with Crippen LogP contribution in [0.15, 0.2) is 107 Å². The van der Waals surface area contributed by atoms with Crippen LogP contribution in [0, 0.1) is 45.3 Å². The van der Waals surface area contributed by atoms with Crippen molar-refractivity contribution in [3.8, 4) is 44.0 Å². The molecule has 2 atom stereocenters. The predicted octanol–water partition coefficient (Wildman–Crippen LogP) is 9.44. The average molecular weight is 831 g/mol. The maximum atomic E-state index is 14.1. The maximum absolute atomic E-state index is 14.1. The van der Waals surface area contributed by atoms with Gasteiger partial charge in [0.1, 0.15) is 57.5 Å². The van der Waals surface area contributed by atoms with Gasteiger partial charge in [0.05, 0.1) is 32.3 Å². The van der Waals surface area contributed by atoms with Crippen LogP contribution in [0.2, 0.25) is 0 Å². The van der Waals surface area contributed by atoms with Gasteiger partial charge in [0, 0.05) is 21.6 Å². The number of carbonyl (C=O) groups excluding carboxylic acids is 2. The van der Waals surface area contributed by atoms with E-state index in [0.29, 0.717) is 41.2 Å². The Kier molecular flexibility index (Phi) is 10.7. The van der Waals surface area contributed by atoms with Gasteiger partial charge in [0.2, 0.25) is 11.4 Å². The van der Waals surface area contributed by atoms with Crippen LogP contribution in [0.5, 0.6) is 0 Å². The smallest absolute Gasteiger partial charge is 0.340 e. The molecule has 0 aliphatic heterocycles. The number of hydrogen-bond acceptors (Lipinski definition) is 16. The van der Waals surface area contributed by atoms with Crippen LogP contribution in [0.4, 0.5) is 10.0 Å². The lowest BCUT2D eigenvalue weighted by Gasteiger charge is -2.30. The Morgan fingerprint density at radius 1 is 0.569 bits per heavy atom. The van der Waals surface area contributed by atoms with Crippen LogP contribution in [0.3, 0.4) is 0 Å². The molecular weight excluding hydrogens is 809 g/mol. The fraction of sp³-hybridized carbons (Fsp3) is 0.0952. The van der Waals surface area contributed by atoms with Gasteiger partial charge in [-0.2, -0.15) is 21.0 Å². The monoisotopic (exact) mass is 830 g/mol. The molecule has 4 aromatic heterocycles. The minimum absolute atomic E-state index is 0.0413. The van der Waals surface area contributed by atoms with Crippen LogP contribution < -0.4 is 0 Å². The van der Waals surface area contributed by atoms with Crippen molar-refractivity contribution in [3.63, 3.8) is 0 Å². The number of benzene rings is 2. The number of nitriles is 4. The number of fused-ring (bicyclic) bond motifs is 5. The summed E-state index contributed by atoms with van der Waals surface area (Å²) in [5, 5.41) is 39.0. The summed E-state index contributed by atoms with van der Waals surface area (Å²) >= 11 is 5.21. The molecule has 0 amide bonds. The van der Waals surface area contributed by atoms with E-state index in [1.807, 2.05) is 72.8 Å². The van der Waals surface area contributed by atoms with E-state index in [1.165, 1.54) is 45.3 Å². The molecule has 0 saturated heterocycles. The standard InChI is InChI=1S/C42H22N8O4S4/c43-17-25(18-44)47-33-13-11-31(55-33)39-49-35-29(41(51)53-21-23-7-3-1-4-8-23)15-27-28(37(35)57-39)16-30(42(52)54-22-24-9-5-2-6-10-24)36-38(27)58-40(50-36)32-12-14-34(56-32)48-26(19-45)20-46/h1-16,27-28H,21-22H2. The first-order valence-corrected chi connectivity index (χ1v) is 20.5. The van der Waals surface area contributed by atoms with Gasteiger partial charge in [0.15, 0.2) is 0 Å². The first-order chi connectivity index (χ1) is 28.3. The van der Waals surface area contributed by atoms with Gasteiger partial charge in [-0.1, -0.05) is 72.8 Å². The molecule has 58 heavy (non-hydrogen) atoms. The Morgan fingerprint density at radius 3 is 1.34 bits per heavy atom. The van der Waals surface area contributed by atoms with E-state index in [9.17, 15) is 30.6 Å². The number of ether oxygens (including phenoxy) is 2. The molecule has 2 aliphatic rings. The fourth-order valence-corrected chi connectivity index (χ4v) is 10.5. The normalized spacial score (nSPS) is 14.6. The third-order valence-electron chi connectivity index (χ3n) is 8.84. The molecule has 278 valence electrons. The molecular formula is C42H22N8O4S4. The third kappa shape index (κ3) is 7.65. The Bertz CT molecular complexity index is 2680. The zero-order chi connectivity index (χ0) is 40.2. The number of thiophene rings is 2. The highest BCUT2D eigenvalue weighted by molar-refractivity contribution is 7.24. The number of allylic oxidation sites excluding steroid dienone is 2. The molecule has 0 saturated carbocycles. The number of carbonyl (C=O) groups is 2. The van der Waals surface area contributed by atoms with Crippen LogP contribution in [0.1, 0.15) is 44.1 Å². The van der Waals surface area contributed by atoms with Crippen LogP contribution in [0.25, 0.3) is 30.9 Å². The molecule has 0 spiro atoms. The first kappa shape index (κ1) is 37.7. The lowest BCUT2D eigenvalue weighted by molar-refractivity contribution is -0.138. The van der Waals surface area contributed by atoms with Crippen LogP contribution in [-0.4, -0.2) is 33.3 Å². The molecule has 0 radical (unpaired) electrons. The molecule has 2 aromatic carbocycles. The molecule has 0 N–H and O–H groups in total. The van der Waals surface area contributed by atoms with Crippen molar-refractivity contribution in [2.24, 2.45) is 9.98 Å². The zero-order valence-electron chi connectivity index (χ0n) is 29.7. The van der Waals surface area contributed by atoms with Crippen molar-refractivity contribution < 1.29 is 19.1 Å².